The Balaban J connectivity index is 1.96. The Morgan fingerprint density at radius 2 is 2.12 bits per heavy atom. The van der Waals surface area contributed by atoms with E-state index in [2.05, 4.69) is 39.7 Å². The highest BCUT2D eigenvalue weighted by atomic mass is 127. The van der Waals surface area contributed by atoms with Gasteiger partial charge in [-0.1, -0.05) is 30.9 Å². The smallest absolute Gasteiger partial charge is 0.273 e. The highest BCUT2D eigenvalue weighted by Crippen LogP contribution is 2.21. The Labute approximate surface area is 164 Å². The van der Waals surface area contributed by atoms with E-state index in [0.717, 1.165) is 14.9 Å². The Morgan fingerprint density at radius 3 is 2.81 bits per heavy atom. The molecule has 0 fully saturated rings. The molecule has 2 aromatic rings. The molecule has 2 aromatic carbocycles. The van der Waals surface area contributed by atoms with Crippen LogP contribution in [0.15, 0.2) is 60.2 Å². The van der Waals surface area contributed by atoms with E-state index in [1.54, 1.807) is 30.3 Å². The summed E-state index contributed by atoms with van der Waals surface area (Å²) in [5, 5.41) is 14.8. The Hall–Kier alpha value is -2.75. The van der Waals surface area contributed by atoms with Crippen molar-refractivity contribution in [3.63, 3.8) is 0 Å². The van der Waals surface area contributed by atoms with Crippen molar-refractivity contribution in [2.75, 3.05) is 6.61 Å². The normalized spacial score (nSPS) is 10.5. The van der Waals surface area contributed by atoms with Gasteiger partial charge < -0.3 is 4.74 Å². The molecule has 0 saturated carbocycles. The van der Waals surface area contributed by atoms with Crippen molar-refractivity contribution < 1.29 is 14.5 Å². The molecule has 1 N–H and O–H groups in total. The number of hydrogen-bond acceptors (Lipinski definition) is 5. The number of hydrazone groups is 1. The van der Waals surface area contributed by atoms with Gasteiger partial charge in [0.25, 0.3) is 5.69 Å². The van der Waals surface area contributed by atoms with Crippen molar-refractivity contribution in [1.82, 2.24) is 5.43 Å². The number of nitro benzene ring substituents is 1. The van der Waals surface area contributed by atoms with Gasteiger partial charge in [0.2, 0.25) is 5.91 Å². The lowest BCUT2D eigenvalue weighted by Gasteiger charge is -2.06. The number of carbonyl (C=O) groups is 1. The zero-order valence-electron chi connectivity index (χ0n) is 13.7. The number of halogens is 1. The summed E-state index contributed by atoms with van der Waals surface area (Å²) >= 11 is 2.14. The second kappa shape index (κ2) is 9.66. The second-order valence-electron chi connectivity index (χ2n) is 5.15. The molecule has 0 bridgehead atoms. The van der Waals surface area contributed by atoms with Crippen LogP contribution in [0.4, 0.5) is 5.69 Å². The third-order valence-electron chi connectivity index (χ3n) is 3.25. The molecule has 0 atom stereocenters. The van der Waals surface area contributed by atoms with Gasteiger partial charge in [-0.25, -0.2) is 5.43 Å². The standard InChI is InChI=1S/C18H16IN3O4/c1-2-9-26-17-8-7-13(10-15(17)19)12-20-21-18(23)11-14-5-3-4-6-16(14)22(24)25/h2-8,10,12H,1,9,11H2,(H,21,23). The summed E-state index contributed by atoms with van der Waals surface area (Å²) in [6, 6.07) is 11.6. The van der Waals surface area contributed by atoms with E-state index in [0.29, 0.717) is 12.2 Å². The van der Waals surface area contributed by atoms with Gasteiger partial charge in [-0.2, -0.15) is 5.10 Å². The summed E-state index contributed by atoms with van der Waals surface area (Å²) in [6.07, 6.45) is 3.04. The van der Waals surface area contributed by atoms with E-state index in [1.807, 2.05) is 12.1 Å². The number of nitrogens with one attached hydrogen (secondary N) is 1. The fraction of sp³-hybridized carbons (Fsp3) is 0.111. The number of carbonyl (C=O) groups excluding carboxylic acids is 1. The fourth-order valence-corrected chi connectivity index (χ4v) is 2.79. The number of rotatable bonds is 8. The Bertz CT molecular complexity index is 852. The number of nitrogens with zero attached hydrogens (tertiary/aromatic N) is 2. The summed E-state index contributed by atoms with van der Waals surface area (Å²) in [4.78, 5) is 22.4. The highest BCUT2D eigenvalue weighted by Gasteiger charge is 2.14. The highest BCUT2D eigenvalue weighted by molar-refractivity contribution is 14.1. The average Bonchev–Trinajstić information content (AvgIpc) is 2.61. The molecule has 0 unspecified atom stereocenters. The van der Waals surface area contributed by atoms with Gasteiger partial charge >= 0.3 is 0 Å². The van der Waals surface area contributed by atoms with Gasteiger partial charge in [0.15, 0.2) is 0 Å². The first-order chi connectivity index (χ1) is 12.5. The number of benzene rings is 2. The minimum Gasteiger partial charge on any atom is -0.488 e. The SMILES string of the molecule is C=CCOc1ccc(C=NNC(=O)Cc2ccccc2[N+](=O)[O-])cc1I. The van der Waals surface area contributed by atoms with Crippen LogP contribution in [0.25, 0.3) is 0 Å². The first-order valence-electron chi connectivity index (χ1n) is 7.58. The van der Waals surface area contributed by atoms with Gasteiger partial charge in [-0.15, -0.1) is 0 Å². The van der Waals surface area contributed by atoms with Crippen LogP contribution < -0.4 is 10.2 Å². The molecule has 0 saturated heterocycles. The zero-order valence-corrected chi connectivity index (χ0v) is 15.9. The molecule has 26 heavy (non-hydrogen) atoms. The second-order valence-corrected chi connectivity index (χ2v) is 6.31. The van der Waals surface area contributed by atoms with Crippen LogP contribution >= 0.6 is 22.6 Å². The summed E-state index contributed by atoms with van der Waals surface area (Å²) < 4.78 is 6.39. The first kappa shape index (κ1) is 19.6. The molecular weight excluding hydrogens is 449 g/mol. The molecule has 0 spiro atoms. The Kier molecular flexibility index (Phi) is 7.27. The van der Waals surface area contributed by atoms with Crippen LogP contribution in [-0.2, 0) is 11.2 Å². The predicted molar refractivity (Wildman–Crippen MR) is 107 cm³/mol. The van der Waals surface area contributed by atoms with Crippen molar-refractivity contribution in [3.8, 4) is 5.75 Å². The predicted octanol–water partition coefficient (Wildman–Crippen LogP) is 3.46. The lowest BCUT2D eigenvalue weighted by Crippen LogP contribution is -2.20. The third-order valence-corrected chi connectivity index (χ3v) is 4.10. The van der Waals surface area contributed by atoms with Crippen LogP contribution in [0.3, 0.4) is 0 Å². The third kappa shape index (κ3) is 5.66. The maximum Gasteiger partial charge on any atom is 0.273 e. The van der Waals surface area contributed by atoms with Crippen LogP contribution in [-0.4, -0.2) is 23.7 Å². The fourth-order valence-electron chi connectivity index (χ4n) is 2.09. The summed E-state index contributed by atoms with van der Waals surface area (Å²) in [5.41, 5.74) is 3.41. The van der Waals surface area contributed by atoms with Crippen molar-refractivity contribution >= 4 is 40.4 Å². The van der Waals surface area contributed by atoms with Crippen molar-refractivity contribution in [2.24, 2.45) is 5.10 Å². The maximum atomic E-state index is 11.9. The monoisotopic (exact) mass is 465 g/mol. The van der Waals surface area contributed by atoms with E-state index in [9.17, 15) is 14.9 Å². The van der Waals surface area contributed by atoms with Crippen molar-refractivity contribution in [2.45, 2.75) is 6.42 Å². The molecule has 8 heteroatoms. The summed E-state index contributed by atoms with van der Waals surface area (Å²) in [6.45, 7) is 4.02. The van der Waals surface area contributed by atoms with Gasteiger partial charge in [0.05, 0.1) is 21.1 Å². The van der Waals surface area contributed by atoms with Gasteiger partial charge in [0.1, 0.15) is 12.4 Å². The number of ether oxygens (including phenoxy) is 1. The Morgan fingerprint density at radius 1 is 1.35 bits per heavy atom. The lowest BCUT2D eigenvalue weighted by atomic mass is 10.1. The average molecular weight is 465 g/mol. The van der Waals surface area contributed by atoms with Crippen LogP contribution in [0, 0.1) is 13.7 Å². The molecule has 0 radical (unpaired) electrons. The molecule has 2 rings (SSSR count). The van der Waals surface area contributed by atoms with E-state index >= 15 is 0 Å². The minimum absolute atomic E-state index is 0.0868. The van der Waals surface area contributed by atoms with Crippen LogP contribution in [0.1, 0.15) is 11.1 Å². The number of para-hydroxylation sites is 1. The van der Waals surface area contributed by atoms with Gasteiger partial charge in [-0.3, -0.25) is 14.9 Å². The van der Waals surface area contributed by atoms with E-state index < -0.39 is 10.8 Å². The maximum absolute atomic E-state index is 11.9. The molecule has 134 valence electrons. The molecule has 7 nitrogen and oxygen atoms in total. The molecular formula is C18H16IN3O4. The largest absolute Gasteiger partial charge is 0.488 e. The van der Waals surface area contributed by atoms with Crippen molar-refractivity contribution in [1.29, 1.82) is 0 Å². The lowest BCUT2D eigenvalue weighted by molar-refractivity contribution is -0.385. The molecule has 0 heterocycles. The quantitative estimate of drug-likeness (QED) is 0.213. The number of amides is 1. The van der Waals surface area contributed by atoms with E-state index in [4.69, 9.17) is 4.74 Å². The number of nitro groups is 1. The molecule has 0 aliphatic rings. The van der Waals surface area contributed by atoms with Gasteiger partial charge in [0, 0.05) is 11.6 Å². The summed E-state index contributed by atoms with van der Waals surface area (Å²) in [5.74, 6) is 0.305. The molecule has 0 aliphatic heterocycles. The summed E-state index contributed by atoms with van der Waals surface area (Å²) in [7, 11) is 0. The van der Waals surface area contributed by atoms with Crippen molar-refractivity contribution in [3.05, 3.63) is 79.9 Å². The first-order valence-corrected chi connectivity index (χ1v) is 8.66. The van der Waals surface area contributed by atoms with Crippen LogP contribution in [0.5, 0.6) is 5.75 Å². The van der Waals surface area contributed by atoms with Crippen LogP contribution in [0.2, 0.25) is 0 Å². The molecule has 1 amide bonds. The van der Waals surface area contributed by atoms with E-state index in [1.165, 1.54) is 12.3 Å². The van der Waals surface area contributed by atoms with E-state index in [-0.39, 0.29) is 12.1 Å². The minimum atomic E-state index is -0.510. The topological polar surface area (TPSA) is 93.8 Å². The zero-order chi connectivity index (χ0) is 18.9. The van der Waals surface area contributed by atoms with Gasteiger partial charge in [-0.05, 0) is 46.4 Å². The molecule has 0 aromatic heterocycles. The number of hydrogen-bond donors (Lipinski definition) is 1. The molecule has 0 aliphatic carbocycles.